The van der Waals surface area contributed by atoms with Crippen molar-refractivity contribution in [1.29, 1.82) is 0 Å². The van der Waals surface area contributed by atoms with Crippen molar-refractivity contribution in [2.45, 2.75) is 39.8 Å². The van der Waals surface area contributed by atoms with Crippen LogP contribution in [0.4, 0.5) is 5.69 Å². The average Bonchev–Trinajstić information content (AvgIpc) is 3.17. The van der Waals surface area contributed by atoms with Crippen molar-refractivity contribution in [2.75, 3.05) is 13.7 Å². The molecule has 2 heterocycles. The maximum Gasteiger partial charge on any atom is 0.338 e. The first-order valence-corrected chi connectivity index (χ1v) is 12.7. The number of non-ortho nitro benzene ring substituents is 1. The van der Waals surface area contributed by atoms with Crippen LogP contribution in [0.3, 0.4) is 0 Å². The first kappa shape index (κ1) is 26.8. The number of aromatic nitrogens is 1. The molecule has 2 aromatic carbocycles. The second-order valence-electron chi connectivity index (χ2n) is 8.73. The third kappa shape index (κ3) is 5.23. The Morgan fingerprint density at radius 3 is 2.66 bits per heavy atom. The van der Waals surface area contributed by atoms with Crippen LogP contribution in [-0.4, -0.2) is 35.3 Å². The van der Waals surface area contributed by atoms with E-state index >= 15 is 0 Å². The van der Waals surface area contributed by atoms with Crippen LogP contribution in [0.15, 0.2) is 63.5 Å². The summed E-state index contributed by atoms with van der Waals surface area (Å²) in [5, 5.41) is 11.2. The summed E-state index contributed by atoms with van der Waals surface area (Å²) in [7, 11) is 1.52. The van der Waals surface area contributed by atoms with Crippen molar-refractivity contribution in [3.8, 4) is 11.5 Å². The first-order chi connectivity index (χ1) is 18.1. The van der Waals surface area contributed by atoms with E-state index in [1.54, 1.807) is 50.3 Å². The van der Waals surface area contributed by atoms with Crippen LogP contribution in [0.5, 0.6) is 11.5 Å². The number of thiazole rings is 1. The maximum atomic E-state index is 13.7. The van der Waals surface area contributed by atoms with Gasteiger partial charge in [-0.2, -0.15) is 0 Å². The van der Waals surface area contributed by atoms with Gasteiger partial charge in [-0.1, -0.05) is 29.5 Å². The summed E-state index contributed by atoms with van der Waals surface area (Å²) < 4.78 is 18.5. The van der Waals surface area contributed by atoms with E-state index < -0.39 is 16.9 Å². The van der Waals surface area contributed by atoms with Crippen LogP contribution in [-0.2, 0) is 9.53 Å². The summed E-state index contributed by atoms with van der Waals surface area (Å²) in [4.78, 5) is 42.5. The van der Waals surface area contributed by atoms with Crippen molar-refractivity contribution in [3.05, 3.63) is 94.7 Å². The van der Waals surface area contributed by atoms with Gasteiger partial charge >= 0.3 is 5.97 Å². The Hall–Kier alpha value is -4.25. The molecule has 198 valence electrons. The molecule has 0 unspecified atom stereocenters. The number of hydrogen-bond donors (Lipinski definition) is 0. The van der Waals surface area contributed by atoms with Crippen LogP contribution in [0.1, 0.15) is 44.9 Å². The molecular weight excluding hydrogens is 510 g/mol. The highest BCUT2D eigenvalue weighted by Gasteiger charge is 2.34. The molecule has 1 aliphatic heterocycles. The molecule has 11 heteroatoms. The molecular formula is C27H27N3O7S. The fourth-order valence-electron chi connectivity index (χ4n) is 4.19. The molecule has 1 aliphatic rings. The zero-order valence-electron chi connectivity index (χ0n) is 21.6. The number of nitrogens with zero attached hydrogens (tertiary/aromatic N) is 3. The largest absolute Gasteiger partial charge is 0.493 e. The van der Waals surface area contributed by atoms with Gasteiger partial charge in [0, 0.05) is 12.1 Å². The van der Waals surface area contributed by atoms with E-state index in [0.29, 0.717) is 37.7 Å². The number of nitro benzene ring substituents is 1. The lowest BCUT2D eigenvalue weighted by atomic mass is 9.95. The summed E-state index contributed by atoms with van der Waals surface area (Å²) >= 11 is 1.14. The summed E-state index contributed by atoms with van der Waals surface area (Å²) in [6.07, 6.45) is 1.50. The number of allylic oxidation sites excluding steroid dienone is 1. The topological polar surface area (TPSA) is 122 Å². The molecule has 0 radical (unpaired) electrons. The van der Waals surface area contributed by atoms with Gasteiger partial charge in [0.25, 0.3) is 11.2 Å². The van der Waals surface area contributed by atoms with Gasteiger partial charge in [-0.25, -0.2) is 9.79 Å². The minimum atomic E-state index is -0.834. The highest BCUT2D eigenvalue weighted by atomic mass is 32.1. The molecule has 1 aromatic heterocycles. The molecule has 0 spiro atoms. The molecule has 10 nitrogen and oxygen atoms in total. The second-order valence-corrected chi connectivity index (χ2v) is 9.74. The molecule has 0 N–H and O–H groups in total. The number of ether oxygens (including phenoxy) is 3. The van der Waals surface area contributed by atoms with Gasteiger partial charge in [-0.05, 0) is 57.0 Å². The minimum absolute atomic E-state index is 0.0827. The number of rotatable bonds is 8. The van der Waals surface area contributed by atoms with E-state index in [1.165, 1.54) is 23.8 Å². The first-order valence-electron chi connectivity index (χ1n) is 11.9. The number of carbonyl (C=O) groups excluding carboxylic acids is 1. The zero-order chi connectivity index (χ0) is 27.6. The van der Waals surface area contributed by atoms with Crippen molar-refractivity contribution in [2.24, 2.45) is 4.99 Å². The molecule has 0 fully saturated rings. The third-order valence-electron chi connectivity index (χ3n) is 5.76. The fourth-order valence-corrected chi connectivity index (χ4v) is 5.24. The molecule has 0 aliphatic carbocycles. The quantitative estimate of drug-likeness (QED) is 0.245. The van der Waals surface area contributed by atoms with Gasteiger partial charge in [0.15, 0.2) is 16.3 Å². The Kier molecular flexibility index (Phi) is 7.77. The van der Waals surface area contributed by atoms with E-state index in [9.17, 15) is 19.7 Å². The van der Waals surface area contributed by atoms with E-state index in [4.69, 9.17) is 14.2 Å². The number of carbonyl (C=O) groups is 1. The Morgan fingerprint density at radius 1 is 1.24 bits per heavy atom. The Labute approximate surface area is 222 Å². The molecule has 38 heavy (non-hydrogen) atoms. The van der Waals surface area contributed by atoms with Crippen LogP contribution >= 0.6 is 11.3 Å². The predicted octanol–water partition coefficient (Wildman–Crippen LogP) is 3.50. The summed E-state index contributed by atoms with van der Waals surface area (Å²) in [5.74, 6) is 0.406. The summed E-state index contributed by atoms with van der Waals surface area (Å²) in [6.45, 7) is 7.36. The van der Waals surface area contributed by atoms with Crippen LogP contribution in [0, 0.1) is 10.1 Å². The average molecular weight is 538 g/mol. The smallest absolute Gasteiger partial charge is 0.338 e. The van der Waals surface area contributed by atoms with Crippen molar-refractivity contribution >= 4 is 29.1 Å². The van der Waals surface area contributed by atoms with Crippen LogP contribution in [0.25, 0.3) is 6.08 Å². The number of benzene rings is 2. The molecule has 0 saturated heterocycles. The Morgan fingerprint density at radius 2 is 2.00 bits per heavy atom. The number of fused-ring (bicyclic) bond motifs is 1. The second kappa shape index (κ2) is 11.0. The Bertz CT molecular complexity index is 1620. The Balaban J connectivity index is 1.94. The number of nitro groups is 1. The van der Waals surface area contributed by atoms with E-state index in [-0.39, 0.29) is 29.5 Å². The van der Waals surface area contributed by atoms with Crippen molar-refractivity contribution in [1.82, 2.24) is 4.57 Å². The van der Waals surface area contributed by atoms with Gasteiger partial charge in [0.2, 0.25) is 0 Å². The van der Waals surface area contributed by atoms with Crippen LogP contribution < -0.4 is 24.4 Å². The number of methoxy groups -OCH3 is 1. The SMILES string of the molecule is CCOC(=O)C1=C(C)N=c2s/c(=C\c3cccc([N+](=O)[O-])c3)c(=O)n2[C@@H]1c1ccc(OC(C)C)c(OC)c1. The van der Waals surface area contributed by atoms with Gasteiger partial charge in [-0.15, -0.1) is 0 Å². The summed E-state index contributed by atoms with van der Waals surface area (Å²) in [6, 6.07) is 10.4. The van der Waals surface area contributed by atoms with Gasteiger partial charge < -0.3 is 14.2 Å². The molecule has 4 rings (SSSR count). The lowest BCUT2D eigenvalue weighted by molar-refractivity contribution is -0.384. The lowest BCUT2D eigenvalue weighted by Gasteiger charge is -2.25. The summed E-state index contributed by atoms with van der Waals surface area (Å²) in [5.41, 5.74) is 1.30. The third-order valence-corrected chi connectivity index (χ3v) is 6.74. The maximum absolute atomic E-state index is 13.7. The highest BCUT2D eigenvalue weighted by Crippen LogP contribution is 2.36. The van der Waals surface area contributed by atoms with E-state index in [1.807, 2.05) is 13.8 Å². The lowest BCUT2D eigenvalue weighted by Crippen LogP contribution is -2.40. The fraction of sp³-hybridized carbons (Fsp3) is 0.296. The normalized spacial score (nSPS) is 15.2. The number of esters is 1. The minimum Gasteiger partial charge on any atom is -0.493 e. The standard InChI is InChI=1S/C27H27N3O7S/c1-6-36-26(32)23-16(4)28-27-29(24(23)18-10-11-20(37-15(2)3)21(14-18)35-5)25(31)22(38-27)13-17-8-7-9-19(12-17)30(33)34/h7-15,24H,6H2,1-5H3/b22-13-/t24-/m1/s1. The number of hydrogen-bond acceptors (Lipinski definition) is 9. The van der Waals surface area contributed by atoms with E-state index in [2.05, 4.69) is 4.99 Å². The van der Waals surface area contributed by atoms with Gasteiger partial charge in [-0.3, -0.25) is 19.5 Å². The highest BCUT2D eigenvalue weighted by molar-refractivity contribution is 7.07. The van der Waals surface area contributed by atoms with Crippen molar-refractivity contribution < 1.29 is 23.9 Å². The molecule has 0 bridgehead atoms. The molecule has 1 atom stereocenters. The van der Waals surface area contributed by atoms with Gasteiger partial charge in [0.1, 0.15) is 0 Å². The molecule has 0 saturated carbocycles. The molecule has 0 amide bonds. The van der Waals surface area contributed by atoms with Crippen molar-refractivity contribution in [3.63, 3.8) is 0 Å². The zero-order valence-corrected chi connectivity index (χ0v) is 22.4. The predicted molar refractivity (Wildman–Crippen MR) is 142 cm³/mol. The van der Waals surface area contributed by atoms with Gasteiger partial charge in [0.05, 0.1) is 46.6 Å². The van der Waals surface area contributed by atoms with Crippen LogP contribution in [0.2, 0.25) is 0 Å². The monoisotopic (exact) mass is 537 g/mol. The molecule has 3 aromatic rings. The van der Waals surface area contributed by atoms with E-state index in [0.717, 1.165) is 11.3 Å².